The number of hydrogen-bond acceptors (Lipinski definition) is 2. The molecule has 5 heteroatoms. The van der Waals surface area contributed by atoms with Gasteiger partial charge in [-0.25, -0.2) is 0 Å². The minimum Gasteiger partial charge on any atom is -0.361 e. The van der Waals surface area contributed by atoms with E-state index in [0.29, 0.717) is 19.4 Å². The average Bonchev–Trinajstić information content (AvgIpc) is 3.25. The molecule has 3 aromatic rings. The van der Waals surface area contributed by atoms with Gasteiger partial charge in [-0.3, -0.25) is 9.59 Å². The molecule has 2 amide bonds. The highest BCUT2D eigenvalue weighted by molar-refractivity contribution is 5.84. The van der Waals surface area contributed by atoms with E-state index in [-0.39, 0.29) is 23.8 Å². The number of para-hydroxylation sites is 1. The van der Waals surface area contributed by atoms with E-state index in [1.807, 2.05) is 41.4 Å². The molecular formula is C27H33N3O2. The minimum atomic E-state index is -0.111. The maximum absolute atomic E-state index is 12.9. The molecule has 1 aliphatic rings. The van der Waals surface area contributed by atoms with Crippen molar-refractivity contribution in [2.75, 3.05) is 13.1 Å². The van der Waals surface area contributed by atoms with E-state index in [1.165, 1.54) is 16.5 Å². The molecule has 2 unspecified atom stereocenters. The summed E-state index contributed by atoms with van der Waals surface area (Å²) in [5, 5.41) is 4.35. The highest BCUT2D eigenvalue weighted by atomic mass is 16.2. The fourth-order valence-corrected chi connectivity index (χ4v) is 4.62. The van der Waals surface area contributed by atoms with Crippen LogP contribution in [0.3, 0.4) is 0 Å². The van der Waals surface area contributed by atoms with Crippen molar-refractivity contribution in [2.24, 2.45) is 5.92 Å². The number of benzene rings is 2. The van der Waals surface area contributed by atoms with Crippen LogP contribution < -0.4 is 5.32 Å². The molecule has 1 fully saturated rings. The monoisotopic (exact) mass is 431 g/mol. The largest absolute Gasteiger partial charge is 0.361 e. The standard InChI is InChI=1S/C27H33N3O2/c1-20(13-14-21-8-3-2-4-9-21)29-27(32)23-10-7-17-30(19-23)26(31)16-15-22-18-28-25-12-6-5-11-24(22)25/h2-6,8-9,11-12,18,20,23,28H,7,10,13-17,19H2,1H3,(H,29,32). The second-order valence-electron chi connectivity index (χ2n) is 8.97. The summed E-state index contributed by atoms with van der Waals surface area (Å²) >= 11 is 0. The molecule has 0 bridgehead atoms. The fraction of sp³-hybridized carbons (Fsp3) is 0.407. The van der Waals surface area contributed by atoms with Crippen molar-refractivity contribution in [3.8, 4) is 0 Å². The topological polar surface area (TPSA) is 65.2 Å². The Bertz CT molecular complexity index is 1040. The van der Waals surface area contributed by atoms with Crippen LogP contribution in [0.5, 0.6) is 0 Å². The fourth-order valence-electron chi connectivity index (χ4n) is 4.62. The van der Waals surface area contributed by atoms with E-state index in [2.05, 4.69) is 41.5 Å². The summed E-state index contributed by atoms with van der Waals surface area (Å²) in [4.78, 5) is 30.8. The number of carbonyl (C=O) groups is 2. The number of rotatable bonds is 8. The number of aromatic amines is 1. The first-order valence-electron chi connectivity index (χ1n) is 11.8. The van der Waals surface area contributed by atoms with E-state index in [1.54, 1.807) is 0 Å². The first-order valence-corrected chi connectivity index (χ1v) is 11.8. The molecule has 2 atom stereocenters. The molecule has 1 aliphatic heterocycles. The van der Waals surface area contributed by atoms with Gasteiger partial charge >= 0.3 is 0 Å². The predicted molar refractivity (Wildman–Crippen MR) is 128 cm³/mol. The Morgan fingerprint density at radius 1 is 1.09 bits per heavy atom. The van der Waals surface area contributed by atoms with Crippen molar-refractivity contribution < 1.29 is 9.59 Å². The van der Waals surface area contributed by atoms with Crippen LogP contribution >= 0.6 is 0 Å². The Balaban J connectivity index is 1.24. The van der Waals surface area contributed by atoms with E-state index < -0.39 is 0 Å². The number of fused-ring (bicyclic) bond motifs is 1. The number of carbonyl (C=O) groups excluding carboxylic acids is 2. The SMILES string of the molecule is CC(CCc1ccccc1)NC(=O)C1CCCN(C(=O)CCc2c[nH]c3ccccc23)C1. The van der Waals surface area contributed by atoms with Crippen molar-refractivity contribution in [3.63, 3.8) is 0 Å². The molecule has 5 nitrogen and oxygen atoms in total. The average molecular weight is 432 g/mol. The number of nitrogens with zero attached hydrogens (tertiary/aromatic N) is 1. The normalized spacial score (nSPS) is 17.3. The lowest BCUT2D eigenvalue weighted by Crippen LogP contribution is -2.47. The molecular weight excluding hydrogens is 398 g/mol. The first-order chi connectivity index (χ1) is 15.6. The zero-order chi connectivity index (χ0) is 22.3. The minimum absolute atomic E-state index is 0.0830. The number of likely N-dealkylation sites (tertiary alicyclic amines) is 1. The number of nitrogens with one attached hydrogen (secondary N) is 2. The van der Waals surface area contributed by atoms with Gasteiger partial charge in [0.2, 0.25) is 11.8 Å². The third kappa shape index (κ3) is 5.58. The Morgan fingerprint density at radius 3 is 2.72 bits per heavy atom. The van der Waals surface area contributed by atoms with Crippen LogP contribution in [-0.4, -0.2) is 40.8 Å². The maximum atomic E-state index is 12.9. The van der Waals surface area contributed by atoms with Crippen LogP contribution in [0.4, 0.5) is 0 Å². The van der Waals surface area contributed by atoms with Gasteiger partial charge in [0.1, 0.15) is 0 Å². The second kappa shape index (κ2) is 10.5. The molecule has 0 aliphatic carbocycles. The summed E-state index contributed by atoms with van der Waals surface area (Å²) in [5.74, 6) is 0.115. The first kappa shape index (κ1) is 22.1. The predicted octanol–water partition coefficient (Wildman–Crippen LogP) is 4.48. The summed E-state index contributed by atoms with van der Waals surface area (Å²) in [6.07, 6.45) is 6.79. The van der Waals surface area contributed by atoms with Crippen LogP contribution in [0.2, 0.25) is 0 Å². The molecule has 2 N–H and O–H groups in total. The lowest BCUT2D eigenvalue weighted by molar-refractivity contribution is -0.135. The van der Waals surface area contributed by atoms with E-state index in [9.17, 15) is 9.59 Å². The van der Waals surface area contributed by atoms with E-state index in [4.69, 9.17) is 0 Å². The van der Waals surface area contributed by atoms with Crippen molar-refractivity contribution >= 4 is 22.7 Å². The van der Waals surface area contributed by atoms with Gasteiger partial charge in [-0.2, -0.15) is 0 Å². The van der Waals surface area contributed by atoms with Crippen LogP contribution in [0.1, 0.15) is 43.7 Å². The molecule has 0 saturated carbocycles. The zero-order valence-electron chi connectivity index (χ0n) is 18.8. The third-order valence-corrected chi connectivity index (χ3v) is 6.53. The van der Waals surface area contributed by atoms with E-state index >= 15 is 0 Å². The van der Waals surface area contributed by atoms with Crippen LogP contribution in [0, 0.1) is 5.92 Å². The van der Waals surface area contributed by atoms with Crippen LogP contribution in [-0.2, 0) is 22.4 Å². The molecule has 32 heavy (non-hydrogen) atoms. The number of piperidine rings is 1. The molecule has 0 spiro atoms. The van der Waals surface area contributed by atoms with Crippen LogP contribution in [0.25, 0.3) is 10.9 Å². The van der Waals surface area contributed by atoms with Crippen molar-refractivity contribution in [1.29, 1.82) is 0 Å². The molecule has 0 radical (unpaired) electrons. The van der Waals surface area contributed by atoms with Gasteiger partial charge in [0.05, 0.1) is 5.92 Å². The quantitative estimate of drug-likeness (QED) is 0.552. The molecule has 2 heterocycles. The Morgan fingerprint density at radius 2 is 1.88 bits per heavy atom. The number of H-pyrrole nitrogens is 1. The maximum Gasteiger partial charge on any atom is 0.225 e. The summed E-state index contributed by atoms with van der Waals surface area (Å²) in [6.45, 7) is 3.35. The molecule has 168 valence electrons. The highest BCUT2D eigenvalue weighted by Gasteiger charge is 2.28. The lowest BCUT2D eigenvalue weighted by atomic mass is 9.95. The molecule has 2 aromatic carbocycles. The zero-order valence-corrected chi connectivity index (χ0v) is 18.8. The summed E-state index contributed by atoms with van der Waals surface area (Å²) in [5.41, 5.74) is 3.57. The van der Waals surface area contributed by atoms with Crippen LogP contribution in [0.15, 0.2) is 60.8 Å². The molecule has 1 aromatic heterocycles. The van der Waals surface area contributed by atoms with Gasteiger partial charge in [-0.15, -0.1) is 0 Å². The Kier molecular flexibility index (Phi) is 7.25. The van der Waals surface area contributed by atoms with Crippen molar-refractivity contribution in [2.45, 2.75) is 51.5 Å². The van der Waals surface area contributed by atoms with E-state index in [0.717, 1.165) is 37.7 Å². The smallest absolute Gasteiger partial charge is 0.225 e. The molecule has 4 rings (SSSR count). The second-order valence-corrected chi connectivity index (χ2v) is 8.97. The summed E-state index contributed by atoms with van der Waals surface area (Å²) < 4.78 is 0. The number of amides is 2. The molecule has 1 saturated heterocycles. The van der Waals surface area contributed by atoms with Gasteiger partial charge in [-0.1, -0.05) is 48.5 Å². The number of hydrogen-bond donors (Lipinski definition) is 2. The highest BCUT2D eigenvalue weighted by Crippen LogP contribution is 2.21. The lowest BCUT2D eigenvalue weighted by Gasteiger charge is -2.32. The van der Waals surface area contributed by atoms with Gasteiger partial charge in [0, 0.05) is 42.7 Å². The number of aryl methyl sites for hydroxylation is 2. The Hall–Kier alpha value is -3.08. The van der Waals surface area contributed by atoms with Gasteiger partial charge in [0.15, 0.2) is 0 Å². The van der Waals surface area contributed by atoms with Gasteiger partial charge < -0.3 is 15.2 Å². The third-order valence-electron chi connectivity index (χ3n) is 6.53. The summed E-state index contributed by atoms with van der Waals surface area (Å²) in [7, 11) is 0. The van der Waals surface area contributed by atoms with Gasteiger partial charge in [0.25, 0.3) is 0 Å². The summed E-state index contributed by atoms with van der Waals surface area (Å²) in [6, 6.07) is 18.6. The number of aromatic nitrogens is 1. The van der Waals surface area contributed by atoms with Gasteiger partial charge in [-0.05, 0) is 56.2 Å². The Labute approximate surface area is 190 Å². The van der Waals surface area contributed by atoms with Crippen molar-refractivity contribution in [1.82, 2.24) is 15.2 Å². The van der Waals surface area contributed by atoms with Crippen molar-refractivity contribution in [3.05, 3.63) is 71.9 Å².